The van der Waals surface area contributed by atoms with E-state index >= 15 is 0 Å². The fourth-order valence-electron chi connectivity index (χ4n) is 8.50. The smallest absolute Gasteiger partial charge is 0.264 e. The van der Waals surface area contributed by atoms with Crippen molar-refractivity contribution in [3.8, 4) is 0 Å². The predicted molar refractivity (Wildman–Crippen MR) is 189 cm³/mol. The average molecular weight is 674 g/mol. The third-order valence-corrected chi connectivity index (χ3v) is 13.1. The first-order valence-corrected chi connectivity index (χ1v) is 19.9. The number of rotatable bonds is 9. The van der Waals surface area contributed by atoms with E-state index in [1.807, 2.05) is 116 Å². The second kappa shape index (κ2) is 11.7. The molecule has 0 bridgehead atoms. The molecule has 3 aliphatic heterocycles. The van der Waals surface area contributed by atoms with Crippen molar-refractivity contribution < 1.29 is 24.2 Å². The number of amides is 2. The van der Waals surface area contributed by atoms with E-state index in [1.54, 1.807) is 9.58 Å². The highest BCUT2D eigenvalue weighted by atomic mass is 28.4. The number of para-hydroxylation sites is 1. The van der Waals surface area contributed by atoms with Crippen LogP contribution in [0.2, 0.25) is 18.6 Å². The number of anilines is 3. The molecule has 1 saturated heterocycles. The van der Waals surface area contributed by atoms with Crippen LogP contribution in [0.3, 0.4) is 0 Å². The van der Waals surface area contributed by atoms with Crippen LogP contribution >= 0.6 is 0 Å². The number of aryl methyl sites for hydroxylation is 1. The summed E-state index contributed by atoms with van der Waals surface area (Å²) in [6.07, 6.45) is 2.45. The van der Waals surface area contributed by atoms with E-state index in [2.05, 4.69) is 10.3 Å². The summed E-state index contributed by atoms with van der Waals surface area (Å²) in [6.45, 7) is 6.74. The van der Waals surface area contributed by atoms with E-state index in [0.29, 0.717) is 37.2 Å². The molecular weight excluding hydrogens is 635 g/mol. The maximum absolute atomic E-state index is 14.8. The molecule has 49 heavy (non-hydrogen) atoms. The lowest BCUT2D eigenvalue weighted by atomic mass is 9.82. The maximum atomic E-state index is 14.8. The van der Waals surface area contributed by atoms with Crippen LogP contribution in [0.4, 0.5) is 17.1 Å². The number of fused-ring (bicyclic) bond motifs is 2. The topological polar surface area (TPSA) is 121 Å². The standard InChI is InChI=1S/C38H39N5O5Si/c1-24-35(49(2,3)47)33(18-20-41-23-27(19-21-44)39-40-41)48-38(24)30-11-4-5-12-31(30)42(37(38)46)22-25-14-16-28(17-15-25)43-32-13-7-9-26-8-6-10-29(34(26)32)36(43)45/h4-17,23-24,33,35,44,47H,18-22H2,1-3H3/t24-,33+,35-,38+/m1/s1. The highest BCUT2D eigenvalue weighted by molar-refractivity contribution is 6.71. The summed E-state index contributed by atoms with van der Waals surface area (Å²) in [5.41, 5.74) is 4.19. The number of carbonyl (C=O) groups is 2. The van der Waals surface area contributed by atoms with Gasteiger partial charge in [0.15, 0.2) is 13.9 Å². The Hall–Kier alpha value is -4.68. The Bertz CT molecular complexity index is 2090. The SMILES string of the molecule is C[C@@H]1[C@@H]([Si](C)(C)O)[C@H](CCn2cc(CCO)nn2)O[C@@]12C(=O)N(Cc1ccc(N3C(=O)c4cccc5cccc3c45)cc1)c1ccccc12. The summed E-state index contributed by atoms with van der Waals surface area (Å²) in [4.78, 5) is 43.4. The normalized spacial score (nSPS) is 23.0. The summed E-state index contributed by atoms with van der Waals surface area (Å²) in [5, 5.41) is 19.6. The van der Waals surface area contributed by atoms with Crippen LogP contribution in [0.1, 0.15) is 40.5 Å². The van der Waals surface area contributed by atoms with Gasteiger partial charge in [0.05, 0.1) is 35.3 Å². The zero-order valence-corrected chi connectivity index (χ0v) is 28.8. The van der Waals surface area contributed by atoms with Gasteiger partial charge < -0.3 is 19.5 Å². The largest absolute Gasteiger partial charge is 0.432 e. The number of aliphatic hydroxyl groups excluding tert-OH is 1. The molecule has 10 nitrogen and oxygen atoms in total. The van der Waals surface area contributed by atoms with Gasteiger partial charge in [0, 0.05) is 53.9 Å². The molecule has 8 rings (SSSR count). The minimum Gasteiger partial charge on any atom is -0.432 e. The first kappa shape index (κ1) is 31.6. The lowest BCUT2D eigenvalue weighted by Gasteiger charge is -2.32. The molecule has 250 valence electrons. The number of ether oxygens (including phenoxy) is 1. The molecule has 1 spiro atoms. The Morgan fingerprint density at radius 1 is 0.939 bits per heavy atom. The van der Waals surface area contributed by atoms with Crippen molar-refractivity contribution in [2.75, 3.05) is 16.4 Å². The summed E-state index contributed by atoms with van der Waals surface area (Å²) >= 11 is 0. The zero-order chi connectivity index (χ0) is 34.1. The molecule has 5 aromatic rings. The Kier molecular flexibility index (Phi) is 7.56. The van der Waals surface area contributed by atoms with Gasteiger partial charge in [-0.3, -0.25) is 19.2 Å². The third kappa shape index (κ3) is 4.94. The van der Waals surface area contributed by atoms with Crippen LogP contribution in [0.15, 0.2) is 91.1 Å². The number of nitrogens with zero attached hydrogens (tertiary/aromatic N) is 5. The summed E-state index contributed by atoms with van der Waals surface area (Å²) in [7, 11) is -2.81. The number of aromatic nitrogens is 3. The van der Waals surface area contributed by atoms with E-state index in [1.165, 1.54) is 0 Å². The molecule has 3 aliphatic rings. The van der Waals surface area contributed by atoms with Gasteiger partial charge in [-0.1, -0.05) is 66.7 Å². The van der Waals surface area contributed by atoms with Crippen molar-refractivity contribution in [2.24, 2.45) is 5.92 Å². The lowest BCUT2D eigenvalue weighted by molar-refractivity contribution is -0.146. The highest BCUT2D eigenvalue weighted by Gasteiger charge is 2.66. The van der Waals surface area contributed by atoms with Gasteiger partial charge in [-0.2, -0.15) is 0 Å². The zero-order valence-electron chi connectivity index (χ0n) is 27.8. The molecule has 4 aromatic carbocycles. The van der Waals surface area contributed by atoms with E-state index < -0.39 is 13.9 Å². The predicted octanol–water partition coefficient (Wildman–Crippen LogP) is 5.69. The monoisotopic (exact) mass is 673 g/mol. The first-order chi connectivity index (χ1) is 23.6. The van der Waals surface area contributed by atoms with Gasteiger partial charge in [-0.15, -0.1) is 5.10 Å². The molecule has 0 aliphatic carbocycles. The third-order valence-electron chi connectivity index (χ3n) is 10.6. The van der Waals surface area contributed by atoms with Crippen molar-refractivity contribution >= 4 is 48.0 Å². The van der Waals surface area contributed by atoms with Crippen LogP contribution < -0.4 is 9.80 Å². The van der Waals surface area contributed by atoms with Crippen LogP contribution in [0.25, 0.3) is 10.8 Å². The van der Waals surface area contributed by atoms with E-state index in [0.717, 1.165) is 39.0 Å². The second-order valence-electron chi connectivity index (χ2n) is 14.0. The molecule has 2 N–H and O–H groups in total. The van der Waals surface area contributed by atoms with Crippen molar-refractivity contribution in [3.63, 3.8) is 0 Å². The van der Waals surface area contributed by atoms with Crippen LogP contribution in [0, 0.1) is 5.92 Å². The molecule has 4 atom stereocenters. The van der Waals surface area contributed by atoms with Gasteiger partial charge in [0.25, 0.3) is 11.8 Å². The van der Waals surface area contributed by atoms with Gasteiger partial charge >= 0.3 is 0 Å². The fraction of sp³-hybridized carbons (Fsp3) is 0.316. The Morgan fingerprint density at radius 2 is 1.67 bits per heavy atom. The van der Waals surface area contributed by atoms with Gasteiger partial charge in [0.2, 0.25) is 0 Å². The molecule has 1 fully saturated rings. The fourth-order valence-corrected chi connectivity index (χ4v) is 11.1. The molecule has 0 saturated carbocycles. The van der Waals surface area contributed by atoms with Crippen LogP contribution in [0.5, 0.6) is 0 Å². The minimum absolute atomic E-state index is 0.00275. The Morgan fingerprint density at radius 3 is 2.43 bits per heavy atom. The first-order valence-electron chi connectivity index (χ1n) is 16.9. The summed E-state index contributed by atoms with van der Waals surface area (Å²) in [5.74, 6) is -0.443. The quantitative estimate of drug-likeness (QED) is 0.193. The molecule has 4 heterocycles. The molecule has 1 aromatic heterocycles. The van der Waals surface area contributed by atoms with Crippen molar-refractivity contribution in [3.05, 3.63) is 114 Å². The summed E-state index contributed by atoms with van der Waals surface area (Å²) < 4.78 is 8.68. The molecule has 2 amide bonds. The number of hydrogen-bond donors (Lipinski definition) is 2. The van der Waals surface area contributed by atoms with Crippen molar-refractivity contribution in [1.82, 2.24) is 15.0 Å². The van der Waals surface area contributed by atoms with Gasteiger partial charge in [-0.25, -0.2) is 0 Å². The van der Waals surface area contributed by atoms with Crippen LogP contribution in [-0.4, -0.2) is 57.7 Å². The summed E-state index contributed by atoms with van der Waals surface area (Å²) in [6, 6.07) is 27.4. The van der Waals surface area contributed by atoms with Crippen molar-refractivity contribution in [2.45, 2.75) is 63.2 Å². The second-order valence-corrected chi connectivity index (χ2v) is 18.0. The lowest BCUT2D eigenvalue weighted by Crippen LogP contribution is -2.46. The van der Waals surface area contributed by atoms with E-state index in [-0.39, 0.29) is 36.0 Å². The van der Waals surface area contributed by atoms with Gasteiger partial charge in [0.1, 0.15) is 0 Å². The Balaban J connectivity index is 1.07. The number of aliphatic hydroxyl groups is 1. The van der Waals surface area contributed by atoms with E-state index in [4.69, 9.17) is 4.74 Å². The molecular formula is C38H39N5O5Si. The minimum atomic E-state index is -2.81. The van der Waals surface area contributed by atoms with E-state index in [9.17, 15) is 19.5 Å². The number of carbonyl (C=O) groups excluding carboxylic acids is 2. The number of benzene rings is 4. The Labute approximate surface area is 285 Å². The molecule has 0 radical (unpaired) electrons. The average Bonchev–Trinajstić information content (AvgIpc) is 3.81. The van der Waals surface area contributed by atoms with Gasteiger partial charge in [-0.05, 0) is 60.8 Å². The van der Waals surface area contributed by atoms with Crippen molar-refractivity contribution in [1.29, 1.82) is 0 Å². The molecule has 11 heteroatoms. The van der Waals surface area contributed by atoms with Crippen LogP contribution in [-0.2, 0) is 34.6 Å². The molecule has 0 unspecified atom stereocenters. The number of hydrogen-bond acceptors (Lipinski definition) is 7. The maximum Gasteiger partial charge on any atom is 0.264 e. The highest BCUT2D eigenvalue weighted by Crippen LogP contribution is 2.59.